The van der Waals surface area contributed by atoms with E-state index in [0.717, 1.165) is 25.9 Å². The van der Waals surface area contributed by atoms with Gasteiger partial charge in [-0.3, -0.25) is 4.79 Å². The van der Waals surface area contributed by atoms with Gasteiger partial charge in [-0.15, -0.1) is 0 Å². The molecule has 38 heavy (non-hydrogen) atoms. The Morgan fingerprint density at radius 2 is 0.684 bits per heavy atom. The average Bonchev–Trinajstić information content (AvgIpc) is 2.92. The Labute approximate surface area is 238 Å². The number of hydrogen-bond donors (Lipinski definition) is 0. The molecule has 0 rings (SSSR count). The maximum absolute atomic E-state index is 11.8. The highest BCUT2D eigenvalue weighted by Gasteiger charge is 2.03. The smallest absolute Gasteiger partial charge is 0.305 e. The zero-order valence-corrected chi connectivity index (χ0v) is 26.1. The molecule has 0 aliphatic carbocycles. The highest BCUT2D eigenvalue weighted by atomic mass is 16.5. The third kappa shape index (κ3) is 33.4. The van der Waals surface area contributed by atoms with E-state index >= 15 is 0 Å². The van der Waals surface area contributed by atoms with Gasteiger partial charge in [-0.1, -0.05) is 155 Å². The van der Waals surface area contributed by atoms with Crippen molar-refractivity contribution < 1.29 is 19.0 Å². The third-order valence-electron chi connectivity index (χ3n) is 7.44. The zero-order valence-electron chi connectivity index (χ0n) is 26.1. The second-order valence-corrected chi connectivity index (χ2v) is 11.3. The number of ether oxygens (including phenoxy) is 3. The lowest BCUT2D eigenvalue weighted by Crippen LogP contribution is -2.09. The molecule has 4 heteroatoms. The predicted octanol–water partition coefficient (Wildman–Crippen LogP) is 10.7. The molecule has 0 radical (unpaired) electrons. The minimum absolute atomic E-state index is 0.0829. The standard InChI is InChI=1S/C34H68O4/c1-3-5-7-9-11-13-14-15-16-17-18-19-20-22-24-26-31-38-34(35)28-27-30-37-33-32-36-29-25-23-21-12-10-8-6-4-2/h3-33H2,1-2H3. The van der Waals surface area contributed by atoms with E-state index in [-0.39, 0.29) is 5.97 Å². The molecule has 0 aromatic heterocycles. The second-order valence-electron chi connectivity index (χ2n) is 11.3. The molecule has 0 spiro atoms. The van der Waals surface area contributed by atoms with Gasteiger partial charge in [0, 0.05) is 19.6 Å². The van der Waals surface area contributed by atoms with Gasteiger partial charge in [0.2, 0.25) is 0 Å². The summed E-state index contributed by atoms with van der Waals surface area (Å²) in [5.74, 6) is -0.0829. The molecular formula is C34H68O4. The van der Waals surface area contributed by atoms with E-state index in [0.29, 0.717) is 32.8 Å². The molecule has 0 aromatic rings. The number of carbonyl (C=O) groups is 1. The summed E-state index contributed by atoms with van der Waals surface area (Å²) in [6.07, 6.45) is 33.5. The first-order valence-corrected chi connectivity index (χ1v) is 17.1. The van der Waals surface area contributed by atoms with E-state index in [1.54, 1.807) is 0 Å². The molecule has 0 N–H and O–H groups in total. The predicted molar refractivity (Wildman–Crippen MR) is 164 cm³/mol. The Bertz CT molecular complexity index is 440. The van der Waals surface area contributed by atoms with Crippen molar-refractivity contribution in [3.8, 4) is 0 Å². The lowest BCUT2D eigenvalue weighted by molar-refractivity contribution is -0.144. The molecule has 228 valence electrons. The van der Waals surface area contributed by atoms with Crippen LogP contribution in [-0.2, 0) is 19.0 Å². The Balaban J connectivity index is 3.14. The van der Waals surface area contributed by atoms with Crippen LogP contribution in [0.25, 0.3) is 0 Å². The topological polar surface area (TPSA) is 44.8 Å². The lowest BCUT2D eigenvalue weighted by atomic mass is 10.0. The number of unbranched alkanes of at least 4 members (excludes halogenated alkanes) is 22. The van der Waals surface area contributed by atoms with Gasteiger partial charge in [0.1, 0.15) is 0 Å². The summed E-state index contributed by atoms with van der Waals surface area (Å²) in [6, 6.07) is 0. The maximum atomic E-state index is 11.8. The quantitative estimate of drug-likeness (QED) is 0.0613. The Morgan fingerprint density at radius 3 is 1.08 bits per heavy atom. The van der Waals surface area contributed by atoms with Crippen LogP contribution in [0.2, 0.25) is 0 Å². The van der Waals surface area contributed by atoms with E-state index < -0.39 is 0 Å². The van der Waals surface area contributed by atoms with Gasteiger partial charge in [0.15, 0.2) is 0 Å². The SMILES string of the molecule is CCCCCCCCCCCCCCCCCCOC(=O)CCCOCCOCCCCCCCCCC. The summed E-state index contributed by atoms with van der Waals surface area (Å²) in [4.78, 5) is 11.8. The van der Waals surface area contributed by atoms with Crippen LogP contribution in [0.5, 0.6) is 0 Å². The molecular weight excluding hydrogens is 472 g/mol. The Morgan fingerprint density at radius 1 is 0.368 bits per heavy atom. The van der Waals surface area contributed by atoms with Crippen molar-refractivity contribution in [3.63, 3.8) is 0 Å². The van der Waals surface area contributed by atoms with Gasteiger partial charge < -0.3 is 14.2 Å². The van der Waals surface area contributed by atoms with E-state index in [9.17, 15) is 4.79 Å². The van der Waals surface area contributed by atoms with Crippen molar-refractivity contribution in [2.24, 2.45) is 0 Å². The Hall–Kier alpha value is -0.610. The van der Waals surface area contributed by atoms with Crippen LogP contribution in [0.15, 0.2) is 0 Å². The van der Waals surface area contributed by atoms with Crippen LogP contribution in [0.3, 0.4) is 0 Å². The van der Waals surface area contributed by atoms with Crippen molar-refractivity contribution in [1.29, 1.82) is 0 Å². The minimum Gasteiger partial charge on any atom is -0.466 e. The van der Waals surface area contributed by atoms with Crippen LogP contribution in [0.4, 0.5) is 0 Å². The highest BCUT2D eigenvalue weighted by Crippen LogP contribution is 2.14. The van der Waals surface area contributed by atoms with E-state index in [1.165, 1.54) is 141 Å². The first kappa shape index (κ1) is 37.4. The molecule has 0 fully saturated rings. The lowest BCUT2D eigenvalue weighted by Gasteiger charge is -2.07. The van der Waals surface area contributed by atoms with E-state index in [1.807, 2.05) is 0 Å². The Kier molecular flexibility index (Phi) is 33.9. The fourth-order valence-electron chi connectivity index (χ4n) is 4.89. The van der Waals surface area contributed by atoms with Crippen molar-refractivity contribution in [2.45, 2.75) is 181 Å². The van der Waals surface area contributed by atoms with Crippen LogP contribution < -0.4 is 0 Å². The number of hydrogen-bond acceptors (Lipinski definition) is 4. The van der Waals surface area contributed by atoms with Crippen molar-refractivity contribution >= 4 is 5.97 Å². The fourth-order valence-corrected chi connectivity index (χ4v) is 4.89. The van der Waals surface area contributed by atoms with Gasteiger partial charge in [-0.25, -0.2) is 0 Å². The molecule has 0 amide bonds. The first-order valence-electron chi connectivity index (χ1n) is 17.1. The summed E-state index contributed by atoms with van der Waals surface area (Å²) < 4.78 is 16.6. The summed E-state index contributed by atoms with van der Waals surface area (Å²) in [6.45, 7) is 7.83. The van der Waals surface area contributed by atoms with E-state index in [2.05, 4.69) is 13.8 Å². The second kappa shape index (κ2) is 34.4. The summed E-state index contributed by atoms with van der Waals surface area (Å²) >= 11 is 0. The molecule has 0 aliphatic rings. The third-order valence-corrected chi connectivity index (χ3v) is 7.44. The van der Waals surface area contributed by atoms with Crippen molar-refractivity contribution in [2.75, 3.05) is 33.0 Å². The van der Waals surface area contributed by atoms with Gasteiger partial charge >= 0.3 is 5.97 Å². The van der Waals surface area contributed by atoms with Crippen LogP contribution in [-0.4, -0.2) is 39.0 Å². The van der Waals surface area contributed by atoms with Crippen molar-refractivity contribution in [1.82, 2.24) is 0 Å². The zero-order chi connectivity index (χ0) is 27.6. The maximum Gasteiger partial charge on any atom is 0.305 e. The first-order chi connectivity index (χ1) is 18.8. The molecule has 0 bridgehead atoms. The van der Waals surface area contributed by atoms with Crippen LogP contribution in [0.1, 0.15) is 181 Å². The van der Waals surface area contributed by atoms with Gasteiger partial charge in [-0.05, 0) is 19.3 Å². The largest absolute Gasteiger partial charge is 0.466 e. The number of esters is 1. The molecule has 0 aromatic carbocycles. The minimum atomic E-state index is -0.0829. The molecule has 0 aliphatic heterocycles. The van der Waals surface area contributed by atoms with Crippen molar-refractivity contribution in [3.05, 3.63) is 0 Å². The fraction of sp³-hybridized carbons (Fsp3) is 0.971. The molecule has 0 heterocycles. The normalized spacial score (nSPS) is 11.3. The number of rotatable bonds is 33. The van der Waals surface area contributed by atoms with Crippen LogP contribution in [0, 0.1) is 0 Å². The highest BCUT2D eigenvalue weighted by molar-refractivity contribution is 5.69. The van der Waals surface area contributed by atoms with Gasteiger partial charge in [0.05, 0.1) is 19.8 Å². The summed E-state index contributed by atoms with van der Waals surface area (Å²) in [5, 5.41) is 0. The monoisotopic (exact) mass is 541 g/mol. The number of carbonyl (C=O) groups excluding carboxylic acids is 1. The summed E-state index contributed by atoms with van der Waals surface area (Å²) in [5.41, 5.74) is 0. The molecule has 0 atom stereocenters. The summed E-state index contributed by atoms with van der Waals surface area (Å²) in [7, 11) is 0. The molecule has 4 nitrogen and oxygen atoms in total. The molecule has 0 unspecified atom stereocenters. The average molecular weight is 541 g/mol. The van der Waals surface area contributed by atoms with E-state index in [4.69, 9.17) is 14.2 Å². The van der Waals surface area contributed by atoms with Crippen LogP contribution >= 0.6 is 0 Å². The molecule has 0 saturated carbocycles. The molecule has 0 saturated heterocycles. The van der Waals surface area contributed by atoms with Gasteiger partial charge in [-0.2, -0.15) is 0 Å². The van der Waals surface area contributed by atoms with Gasteiger partial charge in [0.25, 0.3) is 0 Å².